The third kappa shape index (κ3) is 4.85. The van der Waals surface area contributed by atoms with Crippen molar-refractivity contribution in [2.75, 3.05) is 11.4 Å². The first-order chi connectivity index (χ1) is 15.8. The number of hydrogen-bond donors (Lipinski definition) is 0. The summed E-state index contributed by atoms with van der Waals surface area (Å²) in [5, 5.41) is 0.544. The molecule has 1 fully saturated rings. The molecule has 3 aromatic carbocycles. The van der Waals surface area contributed by atoms with Gasteiger partial charge in [0.2, 0.25) is 15.9 Å². The van der Waals surface area contributed by atoms with Gasteiger partial charge in [0.15, 0.2) is 0 Å². The summed E-state index contributed by atoms with van der Waals surface area (Å²) in [4.78, 5) is 27.4. The molecule has 0 aromatic heterocycles. The molecule has 1 heterocycles. The topological polar surface area (TPSA) is 74.8 Å². The predicted octanol–water partition coefficient (Wildman–Crippen LogP) is 4.21. The number of carbonyl (C=O) groups excluding carboxylic acids is 2. The number of aryl methyl sites for hydroxylation is 1. The zero-order valence-electron chi connectivity index (χ0n) is 18.0. The van der Waals surface area contributed by atoms with Crippen LogP contribution in [0.5, 0.6) is 0 Å². The second kappa shape index (κ2) is 9.47. The van der Waals surface area contributed by atoms with E-state index in [9.17, 15) is 18.0 Å². The molecule has 3 aromatic rings. The molecular formula is C25H23ClN2O4S. The fourth-order valence-electron chi connectivity index (χ4n) is 3.91. The van der Waals surface area contributed by atoms with Crippen molar-refractivity contribution >= 4 is 39.1 Å². The Morgan fingerprint density at radius 2 is 1.67 bits per heavy atom. The van der Waals surface area contributed by atoms with Crippen LogP contribution in [0.3, 0.4) is 0 Å². The highest BCUT2D eigenvalue weighted by atomic mass is 35.5. The van der Waals surface area contributed by atoms with Gasteiger partial charge in [0, 0.05) is 11.6 Å². The first kappa shape index (κ1) is 23.2. The van der Waals surface area contributed by atoms with Crippen molar-refractivity contribution in [1.82, 2.24) is 4.31 Å². The molecule has 1 saturated heterocycles. The van der Waals surface area contributed by atoms with E-state index >= 15 is 0 Å². The lowest BCUT2D eigenvalue weighted by molar-refractivity contribution is -0.122. The maximum atomic E-state index is 13.6. The average molecular weight is 483 g/mol. The normalized spacial score (nSPS) is 16.6. The summed E-state index contributed by atoms with van der Waals surface area (Å²) in [6, 6.07) is 21.0. The number of nitrogens with zero attached hydrogens (tertiary/aromatic N) is 2. The van der Waals surface area contributed by atoms with Crippen LogP contribution in [-0.2, 0) is 26.0 Å². The van der Waals surface area contributed by atoms with Gasteiger partial charge in [0.1, 0.15) is 6.04 Å². The summed E-state index contributed by atoms with van der Waals surface area (Å²) in [6.45, 7) is 1.94. The SMILES string of the molecule is Cc1ccc(N2C(=O)CC(N(CCc3cccc(Cl)c3)S(=O)(=O)c3ccccc3)C2=O)cc1. The molecule has 0 aliphatic carbocycles. The summed E-state index contributed by atoms with van der Waals surface area (Å²) >= 11 is 6.08. The van der Waals surface area contributed by atoms with Gasteiger partial charge < -0.3 is 0 Å². The Morgan fingerprint density at radius 3 is 2.33 bits per heavy atom. The second-order valence-corrected chi connectivity index (χ2v) is 10.3. The Labute approximate surface area is 198 Å². The van der Waals surface area contributed by atoms with Gasteiger partial charge in [-0.1, -0.05) is 59.6 Å². The molecule has 4 rings (SSSR count). The Morgan fingerprint density at radius 1 is 0.970 bits per heavy atom. The number of hydrogen-bond acceptors (Lipinski definition) is 4. The van der Waals surface area contributed by atoms with Gasteiger partial charge in [-0.25, -0.2) is 13.3 Å². The number of carbonyl (C=O) groups is 2. The minimum absolute atomic E-state index is 0.0307. The van der Waals surface area contributed by atoms with Gasteiger partial charge in [-0.3, -0.25) is 9.59 Å². The lowest BCUT2D eigenvalue weighted by Crippen LogP contribution is -2.46. The van der Waals surface area contributed by atoms with Gasteiger partial charge >= 0.3 is 0 Å². The molecule has 1 aliphatic heterocycles. The minimum Gasteiger partial charge on any atom is -0.274 e. The van der Waals surface area contributed by atoms with Crippen LogP contribution >= 0.6 is 11.6 Å². The maximum Gasteiger partial charge on any atom is 0.252 e. The van der Waals surface area contributed by atoms with Crippen molar-refractivity contribution in [3.05, 3.63) is 95.0 Å². The second-order valence-electron chi connectivity index (χ2n) is 7.93. The van der Waals surface area contributed by atoms with E-state index in [1.165, 1.54) is 12.1 Å². The summed E-state index contributed by atoms with van der Waals surface area (Å²) in [5.74, 6) is -0.973. The first-order valence-corrected chi connectivity index (χ1v) is 12.3. The lowest BCUT2D eigenvalue weighted by atomic mass is 10.1. The monoisotopic (exact) mass is 482 g/mol. The zero-order chi connectivity index (χ0) is 23.6. The summed E-state index contributed by atoms with van der Waals surface area (Å²) in [6.07, 6.45) is 0.128. The average Bonchev–Trinajstić information content (AvgIpc) is 3.09. The van der Waals surface area contributed by atoms with Crippen molar-refractivity contribution in [2.45, 2.75) is 30.7 Å². The number of halogens is 1. The van der Waals surface area contributed by atoms with E-state index in [-0.39, 0.29) is 17.9 Å². The molecule has 1 aliphatic rings. The fourth-order valence-corrected chi connectivity index (χ4v) is 5.73. The highest BCUT2D eigenvalue weighted by Gasteiger charge is 2.46. The van der Waals surface area contributed by atoms with Crippen LogP contribution in [0.25, 0.3) is 0 Å². The molecule has 0 spiro atoms. The van der Waals surface area contributed by atoms with E-state index in [1.807, 2.05) is 13.0 Å². The molecule has 0 radical (unpaired) electrons. The van der Waals surface area contributed by atoms with Gasteiger partial charge in [0.25, 0.3) is 5.91 Å². The number of amides is 2. The van der Waals surface area contributed by atoms with Crippen molar-refractivity contribution in [2.24, 2.45) is 0 Å². The van der Waals surface area contributed by atoms with Crippen molar-refractivity contribution < 1.29 is 18.0 Å². The fraction of sp³-hybridized carbons (Fsp3) is 0.200. The van der Waals surface area contributed by atoms with E-state index in [2.05, 4.69) is 0 Å². The summed E-state index contributed by atoms with van der Waals surface area (Å²) in [7, 11) is -4.03. The van der Waals surface area contributed by atoms with Crippen LogP contribution in [0.2, 0.25) is 5.02 Å². The minimum atomic E-state index is -4.03. The molecule has 1 unspecified atom stereocenters. The van der Waals surface area contributed by atoms with E-state index in [1.54, 1.807) is 60.7 Å². The number of imide groups is 1. The molecule has 0 N–H and O–H groups in total. The van der Waals surface area contributed by atoms with Crippen molar-refractivity contribution in [3.8, 4) is 0 Å². The standard InChI is InChI=1S/C25H23ClN2O4S/c1-18-10-12-21(13-11-18)28-24(29)17-23(25(28)30)27(15-14-19-6-5-7-20(26)16-19)33(31,32)22-8-3-2-4-9-22/h2-13,16,23H,14-15,17H2,1H3. The Bertz CT molecular complexity index is 1280. The number of benzene rings is 3. The highest BCUT2D eigenvalue weighted by molar-refractivity contribution is 7.89. The van der Waals surface area contributed by atoms with E-state index in [0.717, 1.165) is 20.3 Å². The molecule has 2 amide bonds. The van der Waals surface area contributed by atoms with Crippen LogP contribution in [-0.4, -0.2) is 37.1 Å². The molecule has 6 nitrogen and oxygen atoms in total. The van der Waals surface area contributed by atoms with Crippen LogP contribution in [0.1, 0.15) is 17.5 Å². The van der Waals surface area contributed by atoms with Gasteiger partial charge in [0.05, 0.1) is 17.0 Å². The molecule has 8 heteroatoms. The third-order valence-electron chi connectivity index (χ3n) is 5.62. The Balaban J connectivity index is 1.68. The van der Waals surface area contributed by atoms with Gasteiger partial charge in [-0.2, -0.15) is 4.31 Å². The maximum absolute atomic E-state index is 13.6. The third-order valence-corrected chi connectivity index (χ3v) is 7.78. The van der Waals surface area contributed by atoms with E-state index in [0.29, 0.717) is 17.1 Å². The number of rotatable bonds is 7. The summed E-state index contributed by atoms with van der Waals surface area (Å²) in [5.41, 5.74) is 2.26. The van der Waals surface area contributed by atoms with Gasteiger partial charge in [-0.05, 0) is 55.3 Å². The first-order valence-electron chi connectivity index (χ1n) is 10.5. The van der Waals surface area contributed by atoms with Crippen LogP contribution < -0.4 is 4.90 Å². The summed E-state index contributed by atoms with van der Waals surface area (Å²) < 4.78 is 28.3. The van der Waals surface area contributed by atoms with Crippen LogP contribution in [0.4, 0.5) is 5.69 Å². The zero-order valence-corrected chi connectivity index (χ0v) is 19.6. The van der Waals surface area contributed by atoms with Crippen molar-refractivity contribution in [1.29, 1.82) is 0 Å². The molecule has 0 bridgehead atoms. The highest BCUT2D eigenvalue weighted by Crippen LogP contribution is 2.30. The largest absolute Gasteiger partial charge is 0.274 e. The molecule has 33 heavy (non-hydrogen) atoms. The van der Waals surface area contributed by atoms with Crippen LogP contribution in [0, 0.1) is 6.92 Å². The van der Waals surface area contributed by atoms with E-state index < -0.39 is 27.9 Å². The Hall–Kier alpha value is -3.00. The van der Waals surface area contributed by atoms with E-state index in [4.69, 9.17) is 11.6 Å². The molecular weight excluding hydrogens is 460 g/mol. The number of anilines is 1. The quantitative estimate of drug-likeness (QED) is 0.473. The number of sulfonamides is 1. The lowest BCUT2D eigenvalue weighted by Gasteiger charge is -2.27. The van der Waals surface area contributed by atoms with Crippen molar-refractivity contribution in [3.63, 3.8) is 0 Å². The van der Waals surface area contributed by atoms with Crippen LogP contribution in [0.15, 0.2) is 83.8 Å². The smallest absolute Gasteiger partial charge is 0.252 e. The predicted molar refractivity (Wildman–Crippen MR) is 128 cm³/mol. The Kier molecular flexibility index (Phi) is 6.65. The molecule has 170 valence electrons. The molecule has 0 saturated carbocycles. The molecule has 1 atom stereocenters. The van der Waals surface area contributed by atoms with Gasteiger partial charge in [-0.15, -0.1) is 0 Å².